The number of benzene rings is 2. The molecule has 0 saturated carbocycles. The summed E-state index contributed by atoms with van der Waals surface area (Å²) in [6.07, 6.45) is 0. The normalized spacial score (nSPS) is 11.6. The van der Waals surface area contributed by atoms with Crippen molar-refractivity contribution in [3.63, 3.8) is 0 Å². The van der Waals surface area contributed by atoms with Gasteiger partial charge in [0.25, 0.3) is 5.91 Å². The maximum Gasteiger partial charge on any atom is 0.275 e. The van der Waals surface area contributed by atoms with E-state index in [1.54, 1.807) is 17.4 Å². The van der Waals surface area contributed by atoms with E-state index < -0.39 is 11.6 Å². The predicted octanol–water partition coefficient (Wildman–Crippen LogP) is 1.93. The molecule has 0 aromatic heterocycles. The zero-order valence-corrected chi connectivity index (χ0v) is 16.3. The summed E-state index contributed by atoms with van der Waals surface area (Å²) in [5, 5.41) is 4.56. The molecule has 2 aromatic carbocycles. The Bertz CT molecular complexity index is 805. The SMILES string of the molecule is COc1cc(CNC(=O)C[NH2+][C@@H](C)c2ccc(F)c(F)c2)cc(OC)c1OC. The zero-order valence-electron chi connectivity index (χ0n) is 16.3. The van der Waals surface area contributed by atoms with E-state index in [1.807, 2.05) is 6.92 Å². The second-order valence-electron chi connectivity index (χ2n) is 6.21. The molecule has 152 valence electrons. The number of methoxy groups -OCH3 is 3. The molecule has 28 heavy (non-hydrogen) atoms. The number of hydrogen-bond donors (Lipinski definition) is 2. The van der Waals surface area contributed by atoms with Gasteiger partial charge in [0.15, 0.2) is 29.7 Å². The molecule has 1 amide bonds. The second-order valence-corrected chi connectivity index (χ2v) is 6.21. The van der Waals surface area contributed by atoms with E-state index in [0.717, 1.165) is 17.7 Å². The number of nitrogens with one attached hydrogen (secondary N) is 1. The maximum atomic E-state index is 13.3. The molecular formula is C20H25F2N2O4+. The minimum atomic E-state index is -0.899. The van der Waals surface area contributed by atoms with Gasteiger partial charge in [0.2, 0.25) is 5.75 Å². The molecule has 0 heterocycles. The Balaban J connectivity index is 1.92. The van der Waals surface area contributed by atoms with Gasteiger partial charge in [-0.2, -0.15) is 0 Å². The fraction of sp³-hybridized carbons (Fsp3) is 0.350. The molecule has 0 bridgehead atoms. The molecule has 0 saturated heterocycles. The van der Waals surface area contributed by atoms with E-state index in [9.17, 15) is 13.6 Å². The fourth-order valence-electron chi connectivity index (χ4n) is 2.73. The first-order chi connectivity index (χ1) is 13.4. The third kappa shape index (κ3) is 5.32. The highest BCUT2D eigenvalue weighted by Gasteiger charge is 2.16. The van der Waals surface area contributed by atoms with Crippen LogP contribution in [-0.2, 0) is 11.3 Å². The van der Waals surface area contributed by atoms with Gasteiger partial charge in [-0.15, -0.1) is 0 Å². The molecule has 2 rings (SSSR count). The smallest absolute Gasteiger partial charge is 0.275 e. The van der Waals surface area contributed by atoms with Gasteiger partial charge in [-0.25, -0.2) is 8.78 Å². The average molecular weight is 395 g/mol. The van der Waals surface area contributed by atoms with E-state index in [0.29, 0.717) is 22.8 Å². The van der Waals surface area contributed by atoms with E-state index in [-0.39, 0.29) is 25.0 Å². The van der Waals surface area contributed by atoms with Gasteiger partial charge in [-0.05, 0) is 42.8 Å². The fourth-order valence-corrected chi connectivity index (χ4v) is 2.73. The summed E-state index contributed by atoms with van der Waals surface area (Å²) in [5.74, 6) is -0.491. The third-order valence-corrected chi connectivity index (χ3v) is 4.34. The molecule has 2 aromatic rings. The summed E-state index contributed by atoms with van der Waals surface area (Å²) in [7, 11) is 4.56. The van der Waals surface area contributed by atoms with Crippen LogP contribution in [0.25, 0.3) is 0 Å². The van der Waals surface area contributed by atoms with Crippen LogP contribution in [0.4, 0.5) is 8.78 Å². The lowest BCUT2D eigenvalue weighted by Gasteiger charge is -2.15. The van der Waals surface area contributed by atoms with E-state index >= 15 is 0 Å². The van der Waals surface area contributed by atoms with Crippen molar-refractivity contribution in [3.8, 4) is 17.2 Å². The summed E-state index contributed by atoms with van der Waals surface area (Å²) >= 11 is 0. The van der Waals surface area contributed by atoms with Crippen LogP contribution in [0.1, 0.15) is 24.1 Å². The molecule has 0 aliphatic heterocycles. The van der Waals surface area contributed by atoms with Crippen LogP contribution in [0.3, 0.4) is 0 Å². The Kier molecular flexibility index (Phi) is 7.57. The summed E-state index contributed by atoms with van der Waals surface area (Å²) in [5.41, 5.74) is 1.40. The minimum Gasteiger partial charge on any atom is -0.493 e. The Hall–Kier alpha value is -2.87. The maximum absolute atomic E-state index is 13.3. The number of rotatable bonds is 9. The van der Waals surface area contributed by atoms with Gasteiger partial charge < -0.3 is 24.8 Å². The number of carbonyl (C=O) groups is 1. The molecule has 0 fully saturated rings. The largest absolute Gasteiger partial charge is 0.493 e. The van der Waals surface area contributed by atoms with Gasteiger partial charge in [-0.1, -0.05) is 0 Å². The number of amides is 1. The first kappa shape index (κ1) is 21.4. The van der Waals surface area contributed by atoms with Crippen LogP contribution in [0.5, 0.6) is 17.2 Å². The van der Waals surface area contributed by atoms with Gasteiger partial charge in [0, 0.05) is 12.1 Å². The highest BCUT2D eigenvalue weighted by Crippen LogP contribution is 2.38. The molecule has 8 heteroatoms. The standard InChI is InChI=1S/C20H24F2N2O4/c1-12(14-5-6-15(21)16(22)9-14)23-11-19(25)24-10-13-7-17(26-2)20(28-4)18(8-13)27-3/h5-9,12,23H,10-11H2,1-4H3,(H,24,25)/p+1/t12-/m0/s1. The quantitative estimate of drug-likeness (QED) is 0.681. The van der Waals surface area contributed by atoms with Crippen molar-refractivity contribution in [2.24, 2.45) is 0 Å². The van der Waals surface area contributed by atoms with Crippen LogP contribution in [0.2, 0.25) is 0 Å². The molecule has 0 aliphatic rings. The molecule has 0 spiro atoms. The van der Waals surface area contributed by atoms with Crippen LogP contribution < -0.4 is 24.8 Å². The zero-order chi connectivity index (χ0) is 20.7. The molecule has 3 N–H and O–H groups in total. The van der Waals surface area contributed by atoms with Gasteiger partial charge in [0.1, 0.15) is 6.04 Å². The highest BCUT2D eigenvalue weighted by molar-refractivity contribution is 5.76. The number of ether oxygens (including phenoxy) is 3. The highest BCUT2D eigenvalue weighted by atomic mass is 19.2. The summed E-state index contributed by atoms with van der Waals surface area (Å²) in [4.78, 5) is 12.1. The van der Waals surface area contributed by atoms with Crippen molar-refractivity contribution in [1.82, 2.24) is 5.32 Å². The molecule has 1 atom stereocenters. The third-order valence-electron chi connectivity index (χ3n) is 4.34. The van der Waals surface area contributed by atoms with Crippen LogP contribution in [0, 0.1) is 11.6 Å². The Morgan fingerprint density at radius 1 is 1.04 bits per heavy atom. The average Bonchev–Trinajstić information content (AvgIpc) is 2.71. The predicted molar refractivity (Wildman–Crippen MR) is 99.5 cm³/mol. The van der Waals surface area contributed by atoms with Crippen molar-refractivity contribution >= 4 is 5.91 Å². The Labute approximate surface area is 162 Å². The lowest BCUT2D eigenvalue weighted by atomic mass is 10.1. The summed E-state index contributed by atoms with van der Waals surface area (Å²) < 4.78 is 42.2. The minimum absolute atomic E-state index is 0.143. The number of carbonyl (C=O) groups excluding carboxylic acids is 1. The Morgan fingerprint density at radius 2 is 1.68 bits per heavy atom. The van der Waals surface area contributed by atoms with Crippen LogP contribution >= 0.6 is 0 Å². The van der Waals surface area contributed by atoms with Crippen LogP contribution in [-0.4, -0.2) is 33.8 Å². The van der Waals surface area contributed by atoms with E-state index in [2.05, 4.69) is 5.32 Å². The van der Waals surface area contributed by atoms with Crippen molar-refractivity contribution in [2.45, 2.75) is 19.5 Å². The van der Waals surface area contributed by atoms with E-state index in [4.69, 9.17) is 14.2 Å². The molecule has 0 aliphatic carbocycles. The first-order valence-corrected chi connectivity index (χ1v) is 8.73. The summed E-state index contributed by atoms with van der Waals surface area (Å²) in [6.45, 7) is 2.24. The second kappa shape index (κ2) is 9.89. The topological polar surface area (TPSA) is 73.4 Å². The Morgan fingerprint density at radius 3 is 2.21 bits per heavy atom. The van der Waals surface area contributed by atoms with Crippen LogP contribution in [0.15, 0.2) is 30.3 Å². The number of hydrogen-bond acceptors (Lipinski definition) is 4. The first-order valence-electron chi connectivity index (χ1n) is 8.73. The molecule has 0 radical (unpaired) electrons. The summed E-state index contributed by atoms with van der Waals surface area (Å²) in [6, 6.07) is 7.06. The lowest BCUT2D eigenvalue weighted by molar-refractivity contribution is -0.682. The van der Waals surface area contributed by atoms with Crippen molar-refractivity contribution in [2.75, 3.05) is 27.9 Å². The van der Waals surface area contributed by atoms with E-state index in [1.165, 1.54) is 27.4 Å². The van der Waals surface area contributed by atoms with Gasteiger partial charge in [0.05, 0.1) is 21.3 Å². The monoisotopic (exact) mass is 395 g/mol. The number of halogens is 2. The van der Waals surface area contributed by atoms with Crippen molar-refractivity contribution < 1.29 is 33.1 Å². The molecular weight excluding hydrogens is 370 g/mol. The van der Waals surface area contributed by atoms with Gasteiger partial charge in [-0.3, -0.25) is 4.79 Å². The molecule has 0 unspecified atom stereocenters. The van der Waals surface area contributed by atoms with Gasteiger partial charge >= 0.3 is 0 Å². The van der Waals surface area contributed by atoms with Crippen molar-refractivity contribution in [3.05, 3.63) is 53.1 Å². The number of nitrogens with two attached hydrogens (primary N) is 1. The van der Waals surface area contributed by atoms with Crippen molar-refractivity contribution in [1.29, 1.82) is 0 Å². The lowest BCUT2D eigenvalue weighted by Crippen LogP contribution is -2.87. The number of quaternary nitrogens is 1. The molecule has 6 nitrogen and oxygen atoms in total.